The fourth-order valence-electron chi connectivity index (χ4n) is 5.87. The molecule has 0 bridgehead atoms. The number of Topliss-reactive ketones (excluding diaryl/α,β-unsaturated/α-hetero) is 1. The van der Waals surface area contributed by atoms with E-state index >= 15 is 0 Å². The van der Waals surface area contributed by atoms with Gasteiger partial charge in [0, 0.05) is 11.7 Å². The number of amides is 2. The van der Waals surface area contributed by atoms with Crippen LogP contribution in [0, 0.1) is 18.8 Å². The Bertz CT molecular complexity index is 899. The number of imide groups is 1. The first-order valence-corrected chi connectivity index (χ1v) is 10.4. The van der Waals surface area contributed by atoms with Crippen LogP contribution in [0.5, 0.6) is 0 Å². The van der Waals surface area contributed by atoms with Crippen molar-refractivity contribution in [1.82, 2.24) is 4.90 Å². The average molecular weight is 378 g/mol. The highest BCUT2D eigenvalue weighted by Gasteiger charge is 2.64. The van der Waals surface area contributed by atoms with Gasteiger partial charge in [-0.25, -0.2) is 0 Å². The highest BCUT2D eigenvalue weighted by Crippen LogP contribution is 2.49. The van der Waals surface area contributed by atoms with Gasteiger partial charge in [0.15, 0.2) is 5.78 Å². The topological polar surface area (TPSA) is 57.7 Å². The van der Waals surface area contributed by atoms with Crippen LogP contribution in [-0.4, -0.2) is 40.6 Å². The lowest BCUT2D eigenvalue weighted by Gasteiger charge is -2.37. The number of aryl methyl sites for hydroxylation is 1. The van der Waals surface area contributed by atoms with Gasteiger partial charge in [0.05, 0.1) is 17.9 Å². The molecule has 4 aliphatic rings. The molecule has 3 aliphatic heterocycles. The van der Waals surface area contributed by atoms with Crippen molar-refractivity contribution in [3.05, 3.63) is 35.4 Å². The number of hydrogen-bond acceptors (Lipinski definition) is 4. The Morgan fingerprint density at radius 1 is 1.04 bits per heavy atom. The van der Waals surface area contributed by atoms with E-state index in [0.29, 0.717) is 0 Å². The minimum absolute atomic E-state index is 0.0166. The molecule has 1 aromatic carbocycles. The van der Waals surface area contributed by atoms with Crippen molar-refractivity contribution in [2.45, 2.75) is 64.1 Å². The Labute approximate surface area is 165 Å². The quantitative estimate of drug-likeness (QED) is 0.742. The first-order chi connectivity index (χ1) is 13.5. The molecule has 2 saturated heterocycles. The summed E-state index contributed by atoms with van der Waals surface area (Å²) >= 11 is 0. The van der Waals surface area contributed by atoms with E-state index in [0.717, 1.165) is 42.5 Å². The van der Waals surface area contributed by atoms with E-state index in [9.17, 15) is 14.4 Å². The van der Waals surface area contributed by atoms with E-state index in [1.54, 1.807) is 11.8 Å². The van der Waals surface area contributed by atoms with Crippen molar-refractivity contribution in [2.24, 2.45) is 11.8 Å². The number of benzene rings is 1. The summed E-state index contributed by atoms with van der Waals surface area (Å²) in [6, 6.07) is 5.36. The lowest BCUT2D eigenvalue weighted by Crippen LogP contribution is -2.50. The molecule has 1 aromatic rings. The van der Waals surface area contributed by atoms with Gasteiger partial charge in [-0.15, -0.1) is 0 Å². The highest BCUT2D eigenvalue weighted by atomic mass is 16.2. The van der Waals surface area contributed by atoms with E-state index in [-0.39, 0.29) is 29.7 Å². The van der Waals surface area contributed by atoms with Crippen LogP contribution in [0.4, 0.5) is 5.69 Å². The van der Waals surface area contributed by atoms with Crippen LogP contribution >= 0.6 is 0 Å². The van der Waals surface area contributed by atoms with E-state index in [2.05, 4.69) is 6.07 Å². The van der Waals surface area contributed by atoms with E-state index in [1.165, 1.54) is 6.42 Å². The molecule has 0 N–H and O–H groups in total. The maximum atomic E-state index is 13.4. The lowest BCUT2D eigenvalue weighted by molar-refractivity contribution is -0.144. The lowest BCUT2D eigenvalue weighted by atomic mass is 9.88. The van der Waals surface area contributed by atoms with Gasteiger partial charge in [-0.3, -0.25) is 19.3 Å². The molecule has 28 heavy (non-hydrogen) atoms. The Hall–Kier alpha value is -2.43. The first kappa shape index (κ1) is 17.7. The maximum absolute atomic E-state index is 13.4. The third-order valence-electron chi connectivity index (χ3n) is 7.05. The van der Waals surface area contributed by atoms with E-state index < -0.39 is 17.9 Å². The fourth-order valence-corrected chi connectivity index (χ4v) is 5.87. The molecule has 5 nitrogen and oxygen atoms in total. The second kappa shape index (κ2) is 6.29. The van der Waals surface area contributed by atoms with Crippen LogP contribution in [0.15, 0.2) is 24.3 Å². The van der Waals surface area contributed by atoms with E-state index in [1.807, 2.05) is 36.1 Å². The van der Waals surface area contributed by atoms with Crippen LogP contribution < -0.4 is 4.90 Å². The zero-order valence-electron chi connectivity index (χ0n) is 16.4. The molecule has 2 amide bonds. The first-order valence-electron chi connectivity index (χ1n) is 10.4. The number of likely N-dealkylation sites (tertiary alicyclic amines) is 1. The number of anilines is 1. The predicted molar refractivity (Wildman–Crippen MR) is 107 cm³/mol. The smallest absolute Gasteiger partial charge is 0.236 e. The summed E-state index contributed by atoms with van der Waals surface area (Å²) in [5.74, 6) is -1.24. The van der Waals surface area contributed by atoms with Crippen LogP contribution in [0.25, 0.3) is 6.08 Å². The number of carbonyl (C=O) groups is 3. The standard InChI is InChI=1S/C23H26N2O3/c1-13-8-10-17-15(12-13)9-11-18-19-20(21(14(2)26)25(17)18)23(28)24(22(19)27)16-6-4-3-5-7-16/h8-12,16,18-21H,3-7H2,1-2H3/t18-,19-,20+,21+/m0/s1. The van der Waals surface area contributed by atoms with Crippen molar-refractivity contribution in [3.8, 4) is 0 Å². The molecule has 146 valence electrons. The number of carbonyl (C=O) groups excluding carboxylic acids is 3. The van der Waals surface area contributed by atoms with Crippen molar-refractivity contribution in [2.75, 3.05) is 4.90 Å². The molecular formula is C23H26N2O3. The predicted octanol–water partition coefficient (Wildman–Crippen LogP) is 3.10. The summed E-state index contributed by atoms with van der Waals surface area (Å²) in [6.07, 6.45) is 9.17. The molecule has 3 fully saturated rings. The second-order valence-electron chi connectivity index (χ2n) is 8.76. The van der Waals surface area contributed by atoms with Gasteiger partial charge < -0.3 is 4.90 Å². The van der Waals surface area contributed by atoms with Gasteiger partial charge in [-0.2, -0.15) is 0 Å². The SMILES string of the molecule is CC(=O)[C@@H]1[C@@H]2C(=O)N(C3CCCCC3)C(=O)[C@H]2[C@@H]2C=Cc3cc(C)ccc3N12. The van der Waals surface area contributed by atoms with Gasteiger partial charge in [-0.1, -0.05) is 43.0 Å². The monoisotopic (exact) mass is 378 g/mol. The molecule has 1 saturated carbocycles. The van der Waals surface area contributed by atoms with Crippen LogP contribution in [0.2, 0.25) is 0 Å². The minimum atomic E-state index is -0.563. The summed E-state index contributed by atoms with van der Waals surface area (Å²) in [5.41, 5.74) is 3.15. The number of ketones is 1. The van der Waals surface area contributed by atoms with Crippen LogP contribution in [0.1, 0.15) is 50.2 Å². The van der Waals surface area contributed by atoms with Gasteiger partial charge in [0.1, 0.15) is 6.04 Å². The summed E-state index contributed by atoms with van der Waals surface area (Å²) in [6.45, 7) is 3.59. The van der Waals surface area contributed by atoms with Gasteiger partial charge in [0.25, 0.3) is 0 Å². The van der Waals surface area contributed by atoms with Crippen LogP contribution in [-0.2, 0) is 14.4 Å². The van der Waals surface area contributed by atoms with Crippen molar-refractivity contribution < 1.29 is 14.4 Å². The second-order valence-corrected chi connectivity index (χ2v) is 8.76. The molecular weight excluding hydrogens is 352 g/mol. The number of rotatable bonds is 2. The molecule has 1 aliphatic carbocycles. The van der Waals surface area contributed by atoms with Crippen molar-refractivity contribution >= 4 is 29.4 Å². The highest BCUT2D eigenvalue weighted by molar-refractivity contribution is 6.11. The fraction of sp³-hybridized carbons (Fsp3) is 0.522. The van der Waals surface area contributed by atoms with Gasteiger partial charge in [-0.05, 0) is 44.4 Å². The molecule has 0 unspecified atom stereocenters. The van der Waals surface area contributed by atoms with Gasteiger partial charge in [0.2, 0.25) is 11.8 Å². The Kier molecular flexibility index (Phi) is 3.97. The van der Waals surface area contributed by atoms with Crippen molar-refractivity contribution in [1.29, 1.82) is 0 Å². The third-order valence-corrected chi connectivity index (χ3v) is 7.05. The molecule has 0 spiro atoms. The third kappa shape index (κ3) is 2.34. The molecule has 0 aromatic heterocycles. The average Bonchev–Trinajstić information content (AvgIpc) is 3.15. The Morgan fingerprint density at radius 2 is 1.75 bits per heavy atom. The molecule has 0 radical (unpaired) electrons. The summed E-state index contributed by atoms with van der Waals surface area (Å²) < 4.78 is 0. The van der Waals surface area contributed by atoms with Crippen molar-refractivity contribution in [3.63, 3.8) is 0 Å². The Balaban J connectivity index is 1.57. The summed E-state index contributed by atoms with van der Waals surface area (Å²) in [5, 5.41) is 0. The zero-order chi connectivity index (χ0) is 19.6. The summed E-state index contributed by atoms with van der Waals surface area (Å²) in [4.78, 5) is 43.1. The molecule has 3 heterocycles. The largest absolute Gasteiger partial charge is 0.353 e. The minimum Gasteiger partial charge on any atom is -0.353 e. The Morgan fingerprint density at radius 3 is 2.46 bits per heavy atom. The van der Waals surface area contributed by atoms with E-state index in [4.69, 9.17) is 0 Å². The summed E-state index contributed by atoms with van der Waals surface area (Å²) in [7, 11) is 0. The van der Waals surface area contributed by atoms with Gasteiger partial charge >= 0.3 is 0 Å². The maximum Gasteiger partial charge on any atom is 0.236 e. The molecule has 5 rings (SSSR count). The number of nitrogens with zero attached hydrogens (tertiary/aromatic N) is 2. The number of hydrogen-bond donors (Lipinski definition) is 0. The van der Waals surface area contributed by atoms with Crippen LogP contribution in [0.3, 0.4) is 0 Å². The number of fused-ring (bicyclic) bond motifs is 5. The molecule has 4 atom stereocenters. The zero-order valence-corrected chi connectivity index (χ0v) is 16.4. The normalized spacial score (nSPS) is 31.8. The molecule has 5 heteroatoms.